The van der Waals surface area contributed by atoms with E-state index in [-0.39, 0.29) is 5.82 Å². The highest BCUT2D eigenvalue weighted by molar-refractivity contribution is 14.1. The van der Waals surface area contributed by atoms with Crippen LogP contribution in [-0.2, 0) is 4.74 Å². The van der Waals surface area contributed by atoms with E-state index in [4.69, 9.17) is 4.74 Å². The number of ether oxygens (including phenoxy) is 1. The minimum Gasteiger partial charge on any atom is -0.441 e. The summed E-state index contributed by atoms with van der Waals surface area (Å²) in [6, 6.07) is 13.2. The van der Waals surface area contributed by atoms with Crippen LogP contribution in [0.25, 0.3) is 0 Å². The average Bonchev–Trinajstić information content (AvgIpc) is 2.42. The normalized spacial score (nSPS) is 11.8. The van der Waals surface area contributed by atoms with Gasteiger partial charge in [0.15, 0.2) is 0 Å². The lowest BCUT2D eigenvalue weighted by Crippen LogP contribution is -2.16. The predicted octanol–water partition coefficient (Wildman–Crippen LogP) is 4.74. The van der Waals surface area contributed by atoms with Crippen molar-refractivity contribution in [3.8, 4) is 0 Å². The summed E-state index contributed by atoms with van der Waals surface area (Å²) in [6.07, 6.45) is -0.984. The number of rotatable bonds is 3. The number of carbonyl (C=O) groups excluding carboxylic acids is 1. The molecule has 0 aliphatic heterocycles. The second-order valence-corrected chi connectivity index (χ2v) is 5.48. The van der Waals surface area contributed by atoms with Crippen molar-refractivity contribution < 1.29 is 13.9 Å². The van der Waals surface area contributed by atoms with Crippen LogP contribution in [0.1, 0.15) is 18.6 Å². The first-order valence-electron chi connectivity index (χ1n) is 6.03. The minimum absolute atomic E-state index is 0.315. The summed E-state index contributed by atoms with van der Waals surface area (Å²) in [6.45, 7) is 1.74. The fourth-order valence-electron chi connectivity index (χ4n) is 1.64. The molecule has 1 unspecified atom stereocenters. The molecule has 5 heteroatoms. The van der Waals surface area contributed by atoms with Gasteiger partial charge in [0.2, 0.25) is 0 Å². The SMILES string of the molecule is CC(OC(=O)Nc1ccc(I)cc1)c1ccc(F)cc1. The molecule has 0 aliphatic carbocycles. The van der Waals surface area contributed by atoms with Gasteiger partial charge in [0, 0.05) is 9.26 Å². The zero-order valence-corrected chi connectivity index (χ0v) is 12.9. The van der Waals surface area contributed by atoms with E-state index in [0.717, 1.165) is 9.13 Å². The van der Waals surface area contributed by atoms with E-state index < -0.39 is 12.2 Å². The lowest BCUT2D eigenvalue weighted by molar-refractivity contribution is 0.121. The molecule has 0 aliphatic rings. The largest absolute Gasteiger partial charge is 0.441 e. The molecular formula is C15H13FINO2. The number of nitrogens with one attached hydrogen (secondary N) is 1. The van der Waals surface area contributed by atoms with Crippen molar-refractivity contribution in [1.29, 1.82) is 0 Å². The first-order valence-corrected chi connectivity index (χ1v) is 7.11. The van der Waals surface area contributed by atoms with E-state index in [1.165, 1.54) is 12.1 Å². The van der Waals surface area contributed by atoms with Gasteiger partial charge < -0.3 is 4.74 Å². The minimum atomic E-state index is -0.539. The number of amides is 1. The molecule has 0 radical (unpaired) electrons. The Labute approximate surface area is 130 Å². The van der Waals surface area contributed by atoms with Crippen LogP contribution >= 0.6 is 22.6 Å². The van der Waals surface area contributed by atoms with E-state index in [0.29, 0.717) is 5.69 Å². The third-order valence-corrected chi connectivity index (χ3v) is 3.43. The van der Waals surface area contributed by atoms with Crippen LogP contribution in [-0.4, -0.2) is 6.09 Å². The molecule has 2 rings (SSSR count). The number of halogens is 2. The van der Waals surface area contributed by atoms with E-state index in [2.05, 4.69) is 27.9 Å². The standard InChI is InChI=1S/C15H13FINO2/c1-10(11-2-4-12(16)5-3-11)20-15(19)18-14-8-6-13(17)7-9-14/h2-10H,1H3,(H,18,19). The first-order chi connectivity index (χ1) is 9.54. The number of benzene rings is 2. The Hall–Kier alpha value is -1.63. The Morgan fingerprint density at radius 3 is 2.35 bits per heavy atom. The molecule has 0 saturated carbocycles. The van der Waals surface area contributed by atoms with E-state index in [1.54, 1.807) is 31.2 Å². The maximum atomic E-state index is 12.8. The summed E-state index contributed by atoms with van der Waals surface area (Å²) < 4.78 is 19.1. The fourth-order valence-corrected chi connectivity index (χ4v) is 2.00. The maximum absolute atomic E-state index is 12.8. The zero-order valence-electron chi connectivity index (χ0n) is 10.8. The smallest absolute Gasteiger partial charge is 0.412 e. The third kappa shape index (κ3) is 4.19. The molecule has 104 valence electrons. The summed E-state index contributed by atoms with van der Waals surface area (Å²) in [7, 11) is 0. The summed E-state index contributed by atoms with van der Waals surface area (Å²) in [5.74, 6) is -0.315. The van der Waals surface area contributed by atoms with Gasteiger partial charge in [0.1, 0.15) is 11.9 Å². The Morgan fingerprint density at radius 1 is 1.15 bits per heavy atom. The first kappa shape index (κ1) is 14.8. The van der Waals surface area contributed by atoms with Gasteiger partial charge >= 0.3 is 6.09 Å². The van der Waals surface area contributed by atoms with Crippen molar-refractivity contribution in [2.75, 3.05) is 5.32 Å². The fraction of sp³-hybridized carbons (Fsp3) is 0.133. The third-order valence-electron chi connectivity index (χ3n) is 2.71. The molecule has 0 fully saturated rings. The Morgan fingerprint density at radius 2 is 1.75 bits per heavy atom. The molecule has 2 aromatic carbocycles. The highest BCUT2D eigenvalue weighted by atomic mass is 127. The molecule has 3 nitrogen and oxygen atoms in total. The van der Waals surface area contributed by atoms with Gasteiger partial charge in [-0.25, -0.2) is 9.18 Å². The Balaban J connectivity index is 1.93. The number of carbonyl (C=O) groups is 1. The summed E-state index contributed by atoms with van der Waals surface area (Å²) >= 11 is 2.19. The van der Waals surface area contributed by atoms with Crippen molar-refractivity contribution in [1.82, 2.24) is 0 Å². The maximum Gasteiger partial charge on any atom is 0.412 e. The van der Waals surface area contributed by atoms with Crippen molar-refractivity contribution in [2.24, 2.45) is 0 Å². The van der Waals surface area contributed by atoms with Crippen LogP contribution in [0.3, 0.4) is 0 Å². The summed E-state index contributed by atoms with van der Waals surface area (Å²) in [4.78, 5) is 11.7. The lowest BCUT2D eigenvalue weighted by atomic mass is 10.1. The van der Waals surface area contributed by atoms with Crippen molar-refractivity contribution in [3.05, 3.63) is 63.5 Å². The molecule has 0 saturated heterocycles. The Kier molecular flexibility index (Phi) is 4.94. The zero-order chi connectivity index (χ0) is 14.5. The second kappa shape index (κ2) is 6.69. The van der Waals surface area contributed by atoms with Crippen LogP contribution in [0.5, 0.6) is 0 Å². The van der Waals surface area contributed by atoms with Crippen LogP contribution in [0.2, 0.25) is 0 Å². The van der Waals surface area contributed by atoms with Crippen LogP contribution in [0, 0.1) is 9.39 Å². The van der Waals surface area contributed by atoms with Gasteiger partial charge in [-0.2, -0.15) is 0 Å². The van der Waals surface area contributed by atoms with Gasteiger partial charge in [-0.1, -0.05) is 12.1 Å². The van der Waals surface area contributed by atoms with Gasteiger partial charge in [0.25, 0.3) is 0 Å². The molecule has 0 aromatic heterocycles. The summed E-state index contributed by atoms with van der Waals surface area (Å²) in [5.41, 5.74) is 1.41. The predicted molar refractivity (Wildman–Crippen MR) is 84.1 cm³/mol. The van der Waals surface area contributed by atoms with Gasteiger partial charge in [-0.3, -0.25) is 5.32 Å². The monoisotopic (exact) mass is 385 g/mol. The van der Waals surface area contributed by atoms with Gasteiger partial charge in [-0.05, 0) is 71.5 Å². The average molecular weight is 385 g/mol. The number of hydrogen-bond donors (Lipinski definition) is 1. The molecule has 0 spiro atoms. The quantitative estimate of drug-likeness (QED) is 0.776. The van der Waals surface area contributed by atoms with E-state index >= 15 is 0 Å². The van der Waals surface area contributed by atoms with Gasteiger partial charge in [-0.15, -0.1) is 0 Å². The van der Waals surface area contributed by atoms with E-state index in [1.807, 2.05) is 12.1 Å². The second-order valence-electron chi connectivity index (χ2n) is 4.23. The molecule has 0 heterocycles. The highest BCUT2D eigenvalue weighted by Crippen LogP contribution is 2.18. The van der Waals surface area contributed by atoms with Crippen LogP contribution in [0.15, 0.2) is 48.5 Å². The highest BCUT2D eigenvalue weighted by Gasteiger charge is 2.11. The van der Waals surface area contributed by atoms with Crippen molar-refractivity contribution >= 4 is 34.4 Å². The molecule has 1 N–H and O–H groups in total. The van der Waals surface area contributed by atoms with Gasteiger partial charge in [0.05, 0.1) is 0 Å². The molecule has 1 amide bonds. The lowest BCUT2D eigenvalue weighted by Gasteiger charge is -2.14. The Bertz CT molecular complexity index is 584. The molecule has 1 atom stereocenters. The molecular weight excluding hydrogens is 372 g/mol. The topological polar surface area (TPSA) is 38.3 Å². The van der Waals surface area contributed by atoms with Crippen LogP contribution < -0.4 is 5.32 Å². The molecule has 20 heavy (non-hydrogen) atoms. The van der Waals surface area contributed by atoms with Crippen molar-refractivity contribution in [3.63, 3.8) is 0 Å². The molecule has 2 aromatic rings. The number of anilines is 1. The van der Waals surface area contributed by atoms with Crippen molar-refractivity contribution in [2.45, 2.75) is 13.0 Å². The molecule has 0 bridgehead atoms. The number of hydrogen-bond acceptors (Lipinski definition) is 2. The van der Waals surface area contributed by atoms with Crippen LogP contribution in [0.4, 0.5) is 14.9 Å². The van der Waals surface area contributed by atoms with E-state index in [9.17, 15) is 9.18 Å². The summed E-state index contributed by atoms with van der Waals surface area (Å²) in [5, 5.41) is 2.64.